The number of benzene rings is 4. The number of phenolic OH excluding ortho intramolecular Hbond substituents is 6. The van der Waals surface area contributed by atoms with Crippen LogP contribution in [0.15, 0.2) is 46.4 Å². The van der Waals surface area contributed by atoms with Crippen molar-refractivity contribution in [1.82, 2.24) is 0 Å². The number of aliphatic imine (C=N–C) groups is 2. The van der Waals surface area contributed by atoms with E-state index < -0.39 is 0 Å². The summed E-state index contributed by atoms with van der Waals surface area (Å²) in [6.07, 6.45) is 46.7. The topological polar surface area (TPSA) is 146 Å². The van der Waals surface area contributed by atoms with E-state index in [0.29, 0.717) is 68.0 Å². The number of allylic oxidation sites excluding steroid dienone is 4. The predicted molar refractivity (Wildman–Crippen MR) is 318 cm³/mol. The molecule has 0 atom stereocenters. The first-order chi connectivity index (χ1) is 35.8. The molecular weight excluding hydrogens is 917 g/mol. The van der Waals surface area contributed by atoms with Gasteiger partial charge in [-0.05, 0) is 112 Å². The number of aromatic hydroxyl groups is 6. The van der Waals surface area contributed by atoms with E-state index >= 15 is 0 Å². The molecule has 0 aliphatic carbocycles. The van der Waals surface area contributed by atoms with Gasteiger partial charge in [0.2, 0.25) is 0 Å². The molecule has 8 nitrogen and oxygen atoms in total. The molecule has 0 amide bonds. The highest BCUT2D eigenvalue weighted by atomic mass is 16.3. The molecule has 0 radical (unpaired) electrons. The molecule has 410 valence electrons. The van der Waals surface area contributed by atoms with Gasteiger partial charge < -0.3 is 30.6 Å². The Morgan fingerprint density at radius 2 is 0.662 bits per heavy atom. The summed E-state index contributed by atoms with van der Waals surface area (Å²) in [6, 6.07) is 3.80. The van der Waals surface area contributed by atoms with Crippen molar-refractivity contribution in [3.63, 3.8) is 0 Å². The van der Waals surface area contributed by atoms with E-state index in [2.05, 4.69) is 38.2 Å². The first kappa shape index (κ1) is 61.6. The van der Waals surface area contributed by atoms with Crippen LogP contribution >= 0.6 is 0 Å². The van der Waals surface area contributed by atoms with Crippen LogP contribution in [0.4, 0.5) is 0 Å². The molecule has 0 fully saturated rings. The van der Waals surface area contributed by atoms with Crippen molar-refractivity contribution < 1.29 is 30.6 Å². The number of phenols is 6. The molecule has 4 aromatic rings. The van der Waals surface area contributed by atoms with Crippen molar-refractivity contribution in [3.8, 4) is 45.6 Å². The zero-order chi connectivity index (χ0) is 53.8. The normalized spacial score (nSPS) is 12.4. The molecule has 0 spiro atoms. The van der Waals surface area contributed by atoms with E-state index in [-0.39, 0.29) is 57.5 Å². The number of fused-ring (bicyclic) bond motifs is 2. The summed E-state index contributed by atoms with van der Waals surface area (Å²) in [5.41, 5.74) is 3.47. The molecule has 0 saturated heterocycles. The predicted octanol–water partition coefficient (Wildman–Crippen LogP) is 19.7. The lowest BCUT2D eigenvalue weighted by molar-refractivity contribution is 0.398. The highest BCUT2D eigenvalue weighted by Crippen LogP contribution is 2.54. The average Bonchev–Trinajstić information content (AvgIpc) is 3.36. The van der Waals surface area contributed by atoms with Gasteiger partial charge >= 0.3 is 0 Å². The Hall–Kier alpha value is -4.98. The van der Waals surface area contributed by atoms with Crippen molar-refractivity contribution in [3.05, 3.63) is 69.8 Å². The summed E-state index contributed by atoms with van der Waals surface area (Å²) in [6.45, 7) is 17.1. The van der Waals surface area contributed by atoms with Gasteiger partial charge in [-0.25, -0.2) is 0 Å². The summed E-state index contributed by atoms with van der Waals surface area (Å²) < 4.78 is 0. The summed E-state index contributed by atoms with van der Waals surface area (Å²) >= 11 is 0. The Labute approximate surface area is 448 Å². The van der Waals surface area contributed by atoms with Crippen LogP contribution in [0.5, 0.6) is 34.5 Å². The highest BCUT2D eigenvalue weighted by Gasteiger charge is 2.29. The molecule has 0 saturated carbocycles. The third-order valence-corrected chi connectivity index (χ3v) is 15.0. The summed E-state index contributed by atoms with van der Waals surface area (Å²) in [5, 5.41) is 73.1. The first-order valence-corrected chi connectivity index (χ1v) is 29.6. The van der Waals surface area contributed by atoms with Gasteiger partial charge in [0, 0.05) is 69.7 Å². The maximum atomic E-state index is 12.6. The molecule has 4 rings (SSSR count). The lowest BCUT2D eigenvalue weighted by Gasteiger charge is -2.23. The smallest absolute Gasteiger partial charge is 0.167 e. The lowest BCUT2D eigenvalue weighted by atomic mass is 9.83. The second-order valence-electron chi connectivity index (χ2n) is 22.0. The van der Waals surface area contributed by atoms with Crippen LogP contribution in [0, 0.1) is 13.8 Å². The summed E-state index contributed by atoms with van der Waals surface area (Å²) in [7, 11) is 0. The Kier molecular flexibility index (Phi) is 28.2. The van der Waals surface area contributed by atoms with Gasteiger partial charge in [-0.1, -0.05) is 194 Å². The van der Waals surface area contributed by atoms with Gasteiger partial charge in [-0.3, -0.25) is 9.98 Å². The monoisotopic (exact) mass is 1020 g/mol. The van der Waals surface area contributed by atoms with Crippen LogP contribution in [0.3, 0.4) is 0 Å². The minimum atomic E-state index is -0.349. The number of aryl methyl sites for hydroxylation is 2. The third-order valence-electron chi connectivity index (χ3n) is 15.0. The van der Waals surface area contributed by atoms with Gasteiger partial charge in [-0.2, -0.15) is 0 Å². The van der Waals surface area contributed by atoms with E-state index in [1.165, 1.54) is 128 Å². The molecule has 6 N–H and O–H groups in total. The van der Waals surface area contributed by atoms with E-state index in [9.17, 15) is 30.6 Å². The molecule has 8 heteroatoms. The van der Waals surface area contributed by atoms with Crippen molar-refractivity contribution >= 4 is 34.0 Å². The molecule has 0 aliphatic heterocycles. The fraction of sp³-hybridized carbons (Fsp3) is 0.606. The van der Waals surface area contributed by atoms with Crippen LogP contribution in [0.25, 0.3) is 32.7 Å². The quantitative estimate of drug-likeness (QED) is 0.0115. The third kappa shape index (κ3) is 18.1. The van der Waals surface area contributed by atoms with Crippen molar-refractivity contribution in [2.45, 2.75) is 247 Å². The van der Waals surface area contributed by atoms with Crippen LogP contribution in [0.1, 0.15) is 267 Å². The number of nitrogens with zero attached hydrogens (tertiary/aromatic N) is 2. The average molecular weight is 1020 g/mol. The fourth-order valence-corrected chi connectivity index (χ4v) is 10.8. The Morgan fingerprint density at radius 1 is 0.378 bits per heavy atom. The van der Waals surface area contributed by atoms with Crippen LogP contribution < -0.4 is 0 Å². The summed E-state index contributed by atoms with van der Waals surface area (Å²) in [5.74, 6) is -1.87. The van der Waals surface area contributed by atoms with Gasteiger partial charge in [-0.15, -0.1) is 0 Å². The van der Waals surface area contributed by atoms with E-state index in [4.69, 9.17) is 9.98 Å². The highest BCUT2D eigenvalue weighted by molar-refractivity contribution is 6.15. The van der Waals surface area contributed by atoms with E-state index in [0.717, 1.165) is 51.4 Å². The number of hydrogen-bond acceptors (Lipinski definition) is 8. The Morgan fingerprint density at radius 3 is 0.959 bits per heavy atom. The second-order valence-corrected chi connectivity index (χ2v) is 22.0. The lowest BCUT2D eigenvalue weighted by Crippen LogP contribution is -2.01. The summed E-state index contributed by atoms with van der Waals surface area (Å²) in [4.78, 5) is 9.44. The maximum absolute atomic E-state index is 12.6. The van der Waals surface area contributed by atoms with Crippen LogP contribution in [-0.4, -0.2) is 56.2 Å². The minimum absolute atomic E-state index is 0.157. The van der Waals surface area contributed by atoms with Crippen molar-refractivity contribution in [1.29, 1.82) is 0 Å². The van der Waals surface area contributed by atoms with Gasteiger partial charge in [0.25, 0.3) is 0 Å². The number of unbranched alkanes of at least 4 members (excludes halogenated alkanes) is 24. The Balaban J connectivity index is 1.50. The fourth-order valence-electron chi connectivity index (χ4n) is 10.8. The SMILES string of the molecule is CCCCCCCC/C=C\CCCCCCCCN=Cc1c(O)c(O)c(C(C)C)c2cc(C)c(-c3c(C)cc4c(C(C)C)c(O)c(O)c(C=NCCCCCCCC/C=C\CCCCCCCC)c4c3O)c(O)c12. The van der Waals surface area contributed by atoms with Crippen molar-refractivity contribution in [2.75, 3.05) is 13.1 Å². The van der Waals surface area contributed by atoms with E-state index in [1.807, 2.05) is 53.7 Å². The standard InChI is InChI=1S/C66H100N2O6/c1-9-11-13-15-17-19-21-23-25-27-29-31-33-35-37-39-41-67-45-53-59-51(55(47(3)4)65(73)61(53)69)43-49(7)57(63(59)71)58-50(8)44-52-56(48(5)6)66(74)62(70)54(60(52)64(58)72)46-68-42-40-38-36-34-32-30-28-26-24-22-20-18-16-14-12-10-2/h23-26,43-48,69-74H,9-22,27-42H2,1-8H3/b25-23-,26-24-,67-45?,68-46?. The zero-order valence-electron chi connectivity index (χ0n) is 47.6. The largest absolute Gasteiger partial charge is 0.507 e. The molecule has 0 heterocycles. The molecular formula is C66H100N2O6. The van der Waals surface area contributed by atoms with Crippen LogP contribution in [0.2, 0.25) is 0 Å². The molecule has 0 bridgehead atoms. The van der Waals surface area contributed by atoms with Crippen molar-refractivity contribution in [2.24, 2.45) is 9.98 Å². The van der Waals surface area contributed by atoms with E-state index in [1.54, 1.807) is 12.4 Å². The zero-order valence-corrected chi connectivity index (χ0v) is 47.6. The molecule has 74 heavy (non-hydrogen) atoms. The molecule has 0 unspecified atom stereocenters. The minimum Gasteiger partial charge on any atom is -0.507 e. The van der Waals surface area contributed by atoms with Gasteiger partial charge in [0.05, 0.1) is 0 Å². The van der Waals surface area contributed by atoms with Crippen LogP contribution in [-0.2, 0) is 0 Å². The molecule has 0 aliphatic rings. The number of hydrogen-bond donors (Lipinski definition) is 6. The van der Waals surface area contributed by atoms with Gasteiger partial charge in [0.15, 0.2) is 23.0 Å². The molecule has 4 aromatic carbocycles. The molecule has 0 aromatic heterocycles. The maximum Gasteiger partial charge on any atom is 0.167 e. The number of rotatable bonds is 37. The first-order valence-electron chi connectivity index (χ1n) is 29.6. The second kappa shape index (κ2) is 33.8. The Bertz CT molecular complexity index is 2270. The van der Waals surface area contributed by atoms with Gasteiger partial charge in [0.1, 0.15) is 11.5 Å².